The van der Waals surface area contributed by atoms with Crippen molar-refractivity contribution in [2.45, 2.75) is 0 Å². The molecule has 38 valence electrons. The second-order valence-corrected chi connectivity index (χ2v) is 2.70. The highest BCUT2D eigenvalue weighted by Gasteiger charge is 2.01. The van der Waals surface area contributed by atoms with Crippen molar-refractivity contribution in [3.8, 4) is 0 Å². The summed E-state index contributed by atoms with van der Waals surface area (Å²) in [7, 11) is 0. The van der Waals surface area contributed by atoms with Gasteiger partial charge in [-0.05, 0) is 31.9 Å². The molecule has 0 N–H and O–H groups in total. The Kier molecular flexibility index (Phi) is 1.59. The lowest BCUT2D eigenvalue weighted by atomic mass is 10.8. The molecule has 0 aromatic heterocycles. The van der Waals surface area contributed by atoms with E-state index < -0.39 is 0 Å². The number of nitrogens with zero attached hydrogens (tertiary/aromatic N) is 2. The maximum absolute atomic E-state index is 3.90. The molecule has 0 amide bonds. The van der Waals surface area contributed by atoms with E-state index in [1.165, 1.54) is 0 Å². The maximum atomic E-state index is 3.90. The molecule has 0 unspecified atom stereocenters. The Morgan fingerprint density at radius 1 is 1.43 bits per heavy atom. The molecule has 0 saturated carbocycles. The van der Waals surface area contributed by atoms with Crippen LogP contribution in [0, 0.1) is 0 Å². The zero-order valence-electron chi connectivity index (χ0n) is 3.36. The Balaban J connectivity index is 2.69. The van der Waals surface area contributed by atoms with Gasteiger partial charge in [-0.25, -0.2) is 4.99 Å². The van der Waals surface area contributed by atoms with Crippen molar-refractivity contribution < 1.29 is 0 Å². The van der Waals surface area contributed by atoms with Gasteiger partial charge < -0.3 is 0 Å². The molecule has 1 rings (SSSR count). The van der Waals surface area contributed by atoms with Gasteiger partial charge in [-0.1, -0.05) is 0 Å². The number of rotatable bonds is 0. The van der Waals surface area contributed by atoms with Crippen molar-refractivity contribution in [2.75, 3.05) is 6.54 Å². The molecular formula is C3H2Br2N2. The first kappa shape index (κ1) is 5.44. The Labute approximate surface area is 58.0 Å². The molecule has 0 atom stereocenters. The van der Waals surface area contributed by atoms with E-state index in [2.05, 4.69) is 41.8 Å². The highest BCUT2D eigenvalue weighted by molar-refractivity contribution is 9.19. The number of amidine groups is 1. The lowest BCUT2D eigenvalue weighted by molar-refractivity contribution is 1.37. The highest BCUT2D eigenvalue weighted by atomic mass is 79.9. The molecule has 0 bridgehead atoms. The van der Waals surface area contributed by atoms with E-state index in [0.29, 0.717) is 11.3 Å². The van der Waals surface area contributed by atoms with E-state index in [1.807, 2.05) is 0 Å². The second-order valence-electron chi connectivity index (χ2n) is 1.07. The van der Waals surface area contributed by atoms with Gasteiger partial charge in [-0.2, -0.15) is 0 Å². The maximum Gasteiger partial charge on any atom is 0.193 e. The van der Waals surface area contributed by atoms with E-state index in [0.717, 1.165) is 4.62 Å². The average Bonchev–Trinajstić information content (AvgIpc) is 1.87. The lowest BCUT2D eigenvalue weighted by Crippen LogP contribution is -1.81. The summed E-state index contributed by atoms with van der Waals surface area (Å²) in [6, 6.07) is 0. The Hall–Kier alpha value is 0.300. The first-order valence-electron chi connectivity index (χ1n) is 1.72. The van der Waals surface area contributed by atoms with Crippen LogP contribution >= 0.6 is 31.9 Å². The van der Waals surface area contributed by atoms with Gasteiger partial charge in [0.2, 0.25) is 0 Å². The summed E-state index contributed by atoms with van der Waals surface area (Å²) in [4.78, 5) is 7.79. The number of aliphatic imine (C=N–C) groups is 2. The molecule has 0 spiro atoms. The van der Waals surface area contributed by atoms with Crippen molar-refractivity contribution in [2.24, 2.45) is 9.98 Å². The largest absolute Gasteiger partial charge is 0.253 e. The van der Waals surface area contributed by atoms with Gasteiger partial charge in [0.1, 0.15) is 4.62 Å². The van der Waals surface area contributed by atoms with Gasteiger partial charge in [-0.3, -0.25) is 4.99 Å². The van der Waals surface area contributed by atoms with Gasteiger partial charge in [-0.15, -0.1) is 0 Å². The minimum atomic E-state index is 0.680. The van der Waals surface area contributed by atoms with E-state index in [9.17, 15) is 0 Å². The molecule has 0 saturated heterocycles. The molecule has 1 aliphatic rings. The summed E-state index contributed by atoms with van der Waals surface area (Å²) in [5.41, 5.74) is 0. The van der Waals surface area contributed by atoms with Crippen molar-refractivity contribution in [3.05, 3.63) is 0 Å². The standard InChI is InChI=1S/C3H2Br2N2/c4-2-1-6-3(5)7-2/h1H2. The van der Waals surface area contributed by atoms with Gasteiger partial charge in [0, 0.05) is 0 Å². The highest BCUT2D eigenvalue weighted by Crippen LogP contribution is 2.04. The van der Waals surface area contributed by atoms with Crippen molar-refractivity contribution in [1.82, 2.24) is 0 Å². The van der Waals surface area contributed by atoms with Gasteiger partial charge in [0.05, 0.1) is 6.54 Å². The Morgan fingerprint density at radius 2 is 2.14 bits per heavy atom. The molecule has 7 heavy (non-hydrogen) atoms. The van der Waals surface area contributed by atoms with Crippen LogP contribution in [0.25, 0.3) is 0 Å². The predicted octanol–water partition coefficient (Wildman–Crippen LogP) is 1.54. The molecule has 0 aromatic rings. The summed E-state index contributed by atoms with van der Waals surface area (Å²) in [5.74, 6) is 0. The van der Waals surface area contributed by atoms with E-state index in [4.69, 9.17) is 0 Å². The van der Waals surface area contributed by atoms with E-state index in [1.54, 1.807) is 0 Å². The van der Waals surface area contributed by atoms with Crippen LogP contribution in [0.4, 0.5) is 0 Å². The van der Waals surface area contributed by atoms with E-state index >= 15 is 0 Å². The first-order chi connectivity index (χ1) is 3.29. The summed E-state index contributed by atoms with van der Waals surface area (Å²) in [6.07, 6.45) is 0. The van der Waals surface area contributed by atoms with Crippen LogP contribution in [0.5, 0.6) is 0 Å². The van der Waals surface area contributed by atoms with Crippen molar-refractivity contribution in [1.29, 1.82) is 0 Å². The fourth-order valence-corrected chi connectivity index (χ4v) is 1.17. The SMILES string of the molecule is BrC1=NC(Br)=NC1. The zero-order valence-corrected chi connectivity index (χ0v) is 6.53. The van der Waals surface area contributed by atoms with Gasteiger partial charge in [0.25, 0.3) is 0 Å². The van der Waals surface area contributed by atoms with Gasteiger partial charge in [0.15, 0.2) is 4.74 Å². The third-order valence-corrected chi connectivity index (χ3v) is 1.41. The third kappa shape index (κ3) is 1.35. The molecule has 0 fully saturated rings. The second kappa shape index (κ2) is 2.05. The molecule has 4 heteroatoms. The zero-order chi connectivity index (χ0) is 5.28. The normalized spacial score (nSPS) is 19.1. The first-order valence-corrected chi connectivity index (χ1v) is 3.30. The number of halogens is 2. The minimum absolute atomic E-state index is 0.680. The fourth-order valence-electron chi connectivity index (χ4n) is 0.301. The molecular weight excluding hydrogens is 224 g/mol. The Bertz CT molecular complexity index is 138. The van der Waals surface area contributed by atoms with Crippen LogP contribution in [0.3, 0.4) is 0 Å². The summed E-state index contributed by atoms with van der Waals surface area (Å²) in [6.45, 7) is 0.681. The monoisotopic (exact) mass is 224 g/mol. The fraction of sp³-hybridized carbons (Fsp3) is 0.333. The van der Waals surface area contributed by atoms with Gasteiger partial charge >= 0.3 is 0 Å². The molecule has 0 aromatic carbocycles. The predicted molar refractivity (Wildman–Crippen MR) is 37.6 cm³/mol. The summed E-state index contributed by atoms with van der Waals surface area (Å²) < 4.78 is 1.57. The Morgan fingerprint density at radius 3 is 2.29 bits per heavy atom. The van der Waals surface area contributed by atoms with Crippen LogP contribution in [0.1, 0.15) is 0 Å². The molecule has 1 aliphatic heterocycles. The third-order valence-electron chi connectivity index (χ3n) is 0.554. The van der Waals surface area contributed by atoms with Crippen LogP contribution in [0.15, 0.2) is 9.98 Å². The van der Waals surface area contributed by atoms with Crippen LogP contribution < -0.4 is 0 Å². The van der Waals surface area contributed by atoms with Crippen LogP contribution in [0.2, 0.25) is 0 Å². The lowest BCUT2D eigenvalue weighted by Gasteiger charge is -1.72. The smallest absolute Gasteiger partial charge is 0.193 e. The average molecular weight is 226 g/mol. The quantitative estimate of drug-likeness (QED) is 0.559. The molecule has 2 nitrogen and oxygen atoms in total. The van der Waals surface area contributed by atoms with Crippen LogP contribution in [-0.2, 0) is 0 Å². The molecule has 1 heterocycles. The van der Waals surface area contributed by atoms with Crippen molar-refractivity contribution in [3.63, 3.8) is 0 Å². The van der Waals surface area contributed by atoms with E-state index in [-0.39, 0.29) is 0 Å². The number of hydrogen-bond acceptors (Lipinski definition) is 2. The number of hydrogen-bond donors (Lipinski definition) is 0. The molecule has 0 radical (unpaired) electrons. The summed E-state index contributed by atoms with van der Waals surface area (Å²) >= 11 is 6.30. The minimum Gasteiger partial charge on any atom is -0.253 e. The summed E-state index contributed by atoms with van der Waals surface area (Å²) in [5, 5.41) is 0. The topological polar surface area (TPSA) is 24.7 Å². The molecule has 0 aliphatic carbocycles. The van der Waals surface area contributed by atoms with Crippen molar-refractivity contribution >= 4 is 41.2 Å². The van der Waals surface area contributed by atoms with Crippen LogP contribution in [-0.4, -0.2) is 15.9 Å².